The first kappa shape index (κ1) is 14.9. The van der Waals surface area contributed by atoms with Crippen molar-refractivity contribution in [1.29, 1.82) is 0 Å². The van der Waals surface area contributed by atoms with Gasteiger partial charge in [0.25, 0.3) is 0 Å². The lowest BCUT2D eigenvalue weighted by Gasteiger charge is -2.58. The summed E-state index contributed by atoms with van der Waals surface area (Å²) in [5.74, 6) is 1.53. The molecule has 0 radical (unpaired) electrons. The SMILES string of the molecule is C[C@]12C=CC(=O)CC1CC[C@@H]1[C@H]2NC[C@]2(C)C(O)C(O)C[C@@H]12. The third-order valence-electron chi connectivity index (χ3n) is 7.50. The van der Waals surface area contributed by atoms with Crippen molar-refractivity contribution in [2.24, 2.45) is 28.6 Å². The van der Waals surface area contributed by atoms with Gasteiger partial charge in [0.05, 0.1) is 12.2 Å². The largest absolute Gasteiger partial charge is 0.390 e. The fourth-order valence-electron chi connectivity index (χ4n) is 6.08. The summed E-state index contributed by atoms with van der Waals surface area (Å²) in [5.41, 5.74) is -0.200. The number of carbonyl (C=O) groups excluding carboxylic acids is 1. The average molecular weight is 305 g/mol. The van der Waals surface area contributed by atoms with E-state index < -0.39 is 12.2 Å². The van der Waals surface area contributed by atoms with Crippen LogP contribution in [0.1, 0.15) is 39.5 Å². The summed E-state index contributed by atoms with van der Waals surface area (Å²) < 4.78 is 0. The van der Waals surface area contributed by atoms with Gasteiger partial charge in [0.2, 0.25) is 0 Å². The molecule has 3 aliphatic carbocycles. The normalized spacial score (nSPS) is 57.2. The maximum absolute atomic E-state index is 11.8. The van der Waals surface area contributed by atoms with Crippen molar-refractivity contribution in [2.75, 3.05) is 6.54 Å². The molecule has 1 heterocycles. The van der Waals surface area contributed by atoms with Crippen LogP contribution in [0.25, 0.3) is 0 Å². The summed E-state index contributed by atoms with van der Waals surface area (Å²) in [6.45, 7) is 5.16. The summed E-state index contributed by atoms with van der Waals surface area (Å²) in [4.78, 5) is 11.8. The number of hydrogen-bond donors (Lipinski definition) is 3. The first-order valence-corrected chi connectivity index (χ1v) is 8.68. The second kappa shape index (κ2) is 4.65. The van der Waals surface area contributed by atoms with Gasteiger partial charge >= 0.3 is 0 Å². The maximum atomic E-state index is 11.8. The van der Waals surface area contributed by atoms with Gasteiger partial charge in [-0.2, -0.15) is 0 Å². The highest BCUT2D eigenvalue weighted by molar-refractivity contribution is 5.91. The van der Waals surface area contributed by atoms with Gasteiger partial charge in [-0.1, -0.05) is 19.9 Å². The second-order valence-electron chi connectivity index (χ2n) is 8.53. The van der Waals surface area contributed by atoms with E-state index >= 15 is 0 Å². The highest BCUT2D eigenvalue weighted by Crippen LogP contribution is 2.58. The van der Waals surface area contributed by atoms with Crippen molar-refractivity contribution in [3.05, 3.63) is 12.2 Å². The average Bonchev–Trinajstić information content (AvgIpc) is 2.72. The molecule has 0 amide bonds. The molecule has 4 heteroatoms. The number of rotatable bonds is 0. The molecule has 0 aromatic rings. The maximum Gasteiger partial charge on any atom is 0.155 e. The zero-order valence-corrected chi connectivity index (χ0v) is 13.5. The van der Waals surface area contributed by atoms with E-state index in [2.05, 4.69) is 25.2 Å². The Bertz CT molecular complexity index is 532. The lowest BCUT2D eigenvalue weighted by atomic mass is 9.51. The molecule has 4 nitrogen and oxygen atoms in total. The summed E-state index contributed by atoms with van der Waals surface area (Å²) >= 11 is 0. The van der Waals surface area contributed by atoms with Crippen LogP contribution in [-0.4, -0.2) is 40.8 Å². The molecule has 3 fully saturated rings. The highest BCUT2D eigenvalue weighted by Gasteiger charge is 2.61. The van der Waals surface area contributed by atoms with Crippen LogP contribution in [-0.2, 0) is 4.79 Å². The number of ketones is 1. The zero-order chi connectivity index (χ0) is 15.7. The van der Waals surface area contributed by atoms with Crippen molar-refractivity contribution in [3.63, 3.8) is 0 Å². The van der Waals surface area contributed by atoms with Gasteiger partial charge in [0.1, 0.15) is 0 Å². The fourth-order valence-corrected chi connectivity index (χ4v) is 6.08. The monoisotopic (exact) mass is 305 g/mol. The van der Waals surface area contributed by atoms with Gasteiger partial charge in [0.15, 0.2) is 5.78 Å². The van der Waals surface area contributed by atoms with Gasteiger partial charge < -0.3 is 15.5 Å². The van der Waals surface area contributed by atoms with Gasteiger partial charge in [0, 0.05) is 29.8 Å². The van der Waals surface area contributed by atoms with E-state index in [1.165, 1.54) is 0 Å². The van der Waals surface area contributed by atoms with Gasteiger partial charge in [-0.3, -0.25) is 4.79 Å². The number of carbonyl (C=O) groups is 1. The number of fused-ring (bicyclic) bond motifs is 5. The third kappa shape index (κ3) is 1.78. The molecule has 3 unspecified atom stereocenters. The molecule has 2 saturated carbocycles. The lowest BCUT2D eigenvalue weighted by molar-refractivity contribution is -0.120. The summed E-state index contributed by atoms with van der Waals surface area (Å²) in [7, 11) is 0. The molecule has 22 heavy (non-hydrogen) atoms. The molecule has 1 aliphatic heterocycles. The summed E-state index contributed by atoms with van der Waals surface area (Å²) in [5, 5.41) is 24.3. The number of allylic oxidation sites excluding steroid dienone is 1. The van der Waals surface area contributed by atoms with Gasteiger partial charge in [-0.05, 0) is 43.1 Å². The predicted molar refractivity (Wildman–Crippen MR) is 83.1 cm³/mol. The van der Waals surface area contributed by atoms with E-state index in [0.717, 1.165) is 19.4 Å². The Morgan fingerprint density at radius 2 is 2.05 bits per heavy atom. The standard InChI is InChI=1S/C18H27NO3/c1-17-6-5-11(20)7-10(17)3-4-12-13-8-14(21)16(22)18(13,2)9-19-15(12)17/h5-6,10,12-16,19,21-22H,3-4,7-9H2,1-2H3/t10?,12-,13-,14?,15+,16?,17-,18-/m0/s1. The molecule has 122 valence electrons. The molecule has 1 saturated heterocycles. The van der Waals surface area contributed by atoms with Crippen LogP contribution in [0, 0.1) is 28.6 Å². The highest BCUT2D eigenvalue weighted by atomic mass is 16.3. The van der Waals surface area contributed by atoms with Crippen LogP contribution in [0.5, 0.6) is 0 Å². The Balaban J connectivity index is 1.68. The molecule has 0 spiro atoms. The van der Waals surface area contributed by atoms with Crippen LogP contribution >= 0.6 is 0 Å². The molecule has 3 N–H and O–H groups in total. The van der Waals surface area contributed by atoms with E-state index in [4.69, 9.17) is 0 Å². The van der Waals surface area contributed by atoms with Gasteiger partial charge in [-0.25, -0.2) is 0 Å². The van der Waals surface area contributed by atoms with E-state index in [0.29, 0.717) is 36.6 Å². The van der Waals surface area contributed by atoms with Crippen molar-refractivity contribution >= 4 is 5.78 Å². The minimum Gasteiger partial charge on any atom is -0.390 e. The first-order chi connectivity index (χ1) is 10.4. The zero-order valence-electron chi connectivity index (χ0n) is 13.5. The van der Waals surface area contributed by atoms with E-state index in [1.807, 2.05) is 0 Å². The van der Waals surface area contributed by atoms with Crippen LogP contribution in [0.2, 0.25) is 0 Å². The second-order valence-corrected chi connectivity index (χ2v) is 8.53. The molecule has 0 aromatic heterocycles. The van der Waals surface area contributed by atoms with Crippen molar-refractivity contribution in [2.45, 2.75) is 57.8 Å². The van der Waals surface area contributed by atoms with Crippen molar-refractivity contribution in [1.82, 2.24) is 5.32 Å². The van der Waals surface area contributed by atoms with Crippen molar-refractivity contribution < 1.29 is 15.0 Å². The third-order valence-corrected chi connectivity index (χ3v) is 7.50. The molecule has 0 bridgehead atoms. The van der Waals surface area contributed by atoms with Crippen LogP contribution in [0.3, 0.4) is 0 Å². The smallest absolute Gasteiger partial charge is 0.155 e. The number of aliphatic hydroxyl groups excluding tert-OH is 2. The predicted octanol–water partition coefficient (Wildman–Crippen LogP) is 1.27. The Labute approximate surface area is 132 Å². The Hall–Kier alpha value is -0.710. The van der Waals surface area contributed by atoms with Crippen LogP contribution < -0.4 is 5.32 Å². The Morgan fingerprint density at radius 3 is 2.82 bits per heavy atom. The first-order valence-electron chi connectivity index (χ1n) is 8.68. The number of aliphatic hydroxyl groups is 2. The van der Waals surface area contributed by atoms with E-state index in [1.54, 1.807) is 6.08 Å². The molecule has 4 aliphatic rings. The number of hydrogen-bond acceptors (Lipinski definition) is 4. The van der Waals surface area contributed by atoms with Crippen LogP contribution in [0.15, 0.2) is 12.2 Å². The van der Waals surface area contributed by atoms with Crippen molar-refractivity contribution in [3.8, 4) is 0 Å². The number of piperidine rings is 1. The minimum absolute atomic E-state index is 0.0245. The Morgan fingerprint density at radius 1 is 1.27 bits per heavy atom. The minimum atomic E-state index is -0.625. The Kier molecular flexibility index (Phi) is 3.14. The quantitative estimate of drug-likeness (QED) is 0.630. The van der Waals surface area contributed by atoms with E-state index in [-0.39, 0.29) is 16.6 Å². The fraction of sp³-hybridized carbons (Fsp3) is 0.833. The topological polar surface area (TPSA) is 69.6 Å². The molecular weight excluding hydrogens is 278 g/mol. The molecule has 0 aromatic carbocycles. The molecular formula is C18H27NO3. The van der Waals surface area contributed by atoms with Crippen LogP contribution in [0.4, 0.5) is 0 Å². The molecule has 8 atom stereocenters. The summed E-state index contributed by atoms with van der Waals surface area (Å²) in [6.07, 6.45) is 6.25. The van der Waals surface area contributed by atoms with Gasteiger partial charge in [-0.15, -0.1) is 0 Å². The van der Waals surface area contributed by atoms with E-state index in [9.17, 15) is 15.0 Å². The lowest BCUT2D eigenvalue weighted by Crippen LogP contribution is -2.65. The summed E-state index contributed by atoms with van der Waals surface area (Å²) in [6, 6.07) is 0.353. The molecule has 4 rings (SSSR count). The number of nitrogens with one attached hydrogen (secondary N) is 1.